The maximum atomic E-state index is 12.5. The lowest BCUT2D eigenvalue weighted by atomic mass is 10.2. The van der Waals surface area contributed by atoms with Crippen LogP contribution in [0.4, 0.5) is 0 Å². The summed E-state index contributed by atoms with van der Waals surface area (Å²) in [5.74, 6) is -3.07. The molecule has 0 spiro atoms. The van der Waals surface area contributed by atoms with Gasteiger partial charge >= 0.3 is 11.9 Å². The summed E-state index contributed by atoms with van der Waals surface area (Å²) in [6.07, 6.45) is 0.165. The number of hydrogen-bond donors (Lipinski definition) is 4. The zero-order chi connectivity index (χ0) is 32.7. The molecule has 2 aromatic carbocycles. The summed E-state index contributed by atoms with van der Waals surface area (Å²) in [7, 11) is 0. The third-order valence-corrected chi connectivity index (χ3v) is 6.27. The van der Waals surface area contributed by atoms with E-state index in [0.29, 0.717) is 19.3 Å². The van der Waals surface area contributed by atoms with E-state index in [4.69, 9.17) is 27.8 Å². The SMILES string of the molecule is CC(O)COc1cc2oc(C(=O)O)cc(=O)c2cc1OCCCCCOc1cc2c(=O)cc(C(=O)O)oc2cc1OCC(C)O. The summed E-state index contributed by atoms with van der Waals surface area (Å²) in [5.41, 5.74) is -1.14. The minimum atomic E-state index is -1.39. The monoisotopic (exact) mass is 628 g/mol. The van der Waals surface area contributed by atoms with Crippen molar-refractivity contribution in [2.24, 2.45) is 0 Å². The van der Waals surface area contributed by atoms with Crippen LogP contribution in [0.3, 0.4) is 0 Å². The van der Waals surface area contributed by atoms with Gasteiger partial charge < -0.3 is 48.2 Å². The second kappa shape index (κ2) is 14.6. The number of benzene rings is 2. The molecular weight excluding hydrogens is 596 g/mol. The van der Waals surface area contributed by atoms with Gasteiger partial charge in [0.15, 0.2) is 33.9 Å². The third-order valence-electron chi connectivity index (χ3n) is 6.27. The second-order valence-corrected chi connectivity index (χ2v) is 10.2. The molecule has 14 heteroatoms. The molecule has 2 unspecified atom stereocenters. The smallest absolute Gasteiger partial charge is 0.371 e. The number of fused-ring (bicyclic) bond motifs is 2. The standard InChI is InChI=1S/C31H32O14/c1-16(32)14-42-26-12-22-18(20(34)10-28(44-22)30(36)37)8-24(26)40-6-4-3-5-7-41-25-9-19-21(35)11-29(31(38)39)45-23(19)13-27(25)43-15-17(2)33/h8-13,16-17,32-33H,3-7,14-15H2,1-2H3,(H,36,37)(H,38,39). The predicted molar refractivity (Wildman–Crippen MR) is 158 cm³/mol. The Morgan fingerprint density at radius 1 is 0.622 bits per heavy atom. The average molecular weight is 629 g/mol. The van der Waals surface area contributed by atoms with E-state index in [0.717, 1.165) is 12.1 Å². The zero-order valence-corrected chi connectivity index (χ0v) is 24.4. The summed E-state index contributed by atoms with van der Waals surface area (Å²) < 4.78 is 33.6. The molecule has 0 radical (unpaired) electrons. The molecule has 14 nitrogen and oxygen atoms in total. The Kier molecular flexibility index (Phi) is 10.6. The highest BCUT2D eigenvalue weighted by atomic mass is 16.5. The predicted octanol–water partition coefficient (Wildman–Crippen LogP) is 3.44. The van der Waals surface area contributed by atoms with Gasteiger partial charge in [-0.3, -0.25) is 9.59 Å². The van der Waals surface area contributed by atoms with Crippen molar-refractivity contribution in [2.75, 3.05) is 26.4 Å². The van der Waals surface area contributed by atoms with Crippen molar-refractivity contribution >= 4 is 33.9 Å². The number of unbranched alkanes of at least 4 members (excludes halogenated alkanes) is 2. The van der Waals surface area contributed by atoms with Gasteiger partial charge in [0.2, 0.25) is 11.5 Å². The summed E-state index contributed by atoms with van der Waals surface area (Å²) >= 11 is 0. The number of ether oxygens (including phenoxy) is 4. The van der Waals surface area contributed by atoms with Crippen molar-refractivity contribution in [1.82, 2.24) is 0 Å². The molecule has 0 aliphatic heterocycles. The fourth-order valence-corrected chi connectivity index (χ4v) is 4.15. The first-order chi connectivity index (χ1) is 21.4. The molecule has 4 rings (SSSR count). The Hall–Kier alpha value is -5.08. The highest BCUT2D eigenvalue weighted by molar-refractivity contribution is 5.89. The largest absolute Gasteiger partial charge is 0.490 e. The van der Waals surface area contributed by atoms with Crippen LogP contribution in [0.5, 0.6) is 23.0 Å². The van der Waals surface area contributed by atoms with Crippen LogP contribution in [0.1, 0.15) is 54.2 Å². The lowest BCUT2D eigenvalue weighted by Crippen LogP contribution is -2.14. The van der Waals surface area contributed by atoms with Crippen LogP contribution >= 0.6 is 0 Å². The molecular formula is C31H32O14. The Bertz CT molecular complexity index is 1670. The summed E-state index contributed by atoms with van der Waals surface area (Å²) in [4.78, 5) is 47.5. The number of aliphatic hydroxyl groups is 2. The first-order valence-electron chi connectivity index (χ1n) is 14.0. The molecule has 0 aliphatic carbocycles. The third kappa shape index (κ3) is 8.52. The van der Waals surface area contributed by atoms with Gasteiger partial charge in [0, 0.05) is 24.3 Å². The van der Waals surface area contributed by atoms with Crippen LogP contribution in [0.15, 0.2) is 54.8 Å². The van der Waals surface area contributed by atoms with Crippen molar-refractivity contribution in [3.8, 4) is 23.0 Å². The van der Waals surface area contributed by atoms with Crippen LogP contribution in [0.2, 0.25) is 0 Å². The quantitative estimate of drug-likeness (QED) is 0.131. The molecule has 2 aromatic heterocycles. The van der Waals surface area contributed by atoms with E-state index in [2.05, 4.69) is 0 Å². The maximum Gasteiger partial charge on any atom is 0.371 e. The fraction of sp³-hybridized carbons (Fsp3) is 0.355. The summed E-state index contributed by atoms with van der Waals surface area (Å²) in [6, 6.07) is 7.24. The molecule has 4 N–H and O–H groups in total. The second-order valence-electron chi connectivity index (χ2n) is 10.2. The van der Waals surface area contributed by atoms with Gasteiger partial charge in [0.1, 0.15) is 24.4 Å². The molecule has 0 aliphatic rings. The van der Waals surface area contributed by atoms with Gasteiger partial charge in [0.05, 0.1) is 36.2 Å². The minimum Gasteiger partial charge on any atom is -0.490 e. The molecule has 0 bridgehead atoms. The van der Waals surface area contributed by atoms with Crippen LogP contribution in [0, 0.1) is 0 Å². The van der Waals surface area contributed by atoms with Gasteiger partial charge in [-0.25, -0.2) is 9.59 Å². The van der Waals surface area contributed by atoms with Gasteiger partial charge in [-0.05, 0) is 45.2 Å². The van der Waals surface area contributed by atoms with E-state index in [-0.39, 0.29) is 71.4 Å². The molecule has 240 valence electrons. The topological polar surface area (TPSA) is 212 Å². The van der Waals surface area contributed by atoms with Crippen molar-refractivity contribution in [1.29, 1.82) is 0 Å². The first-order valence-corrected chi connectivity index (χ1v) is 14.0. The molecule has 0 saturated carbocycles. The highest BCUT2D eigenvalue weighted by Crippen LogP contribution is 2.34. The minimum absolute atomic E-state index is 0.00410. The lowest BCUT2D eigenvalue weighted by Gasteiger charge is -2.15. The van der Waals surface area contributed by atoms with E-state index in [1.165, 1.54) is 38.1 Å². The first kappa shape index (κ1) is 32.8. The Balaban J connectivity index is 1.40. The van der Waals surface area contributed by atoms with Crippen LogP contribution < -0.4 is 29.8 Å². The van der Waals surface area contributed by atoms with Gasteiger partial charge in [-0.2, -0.15) is 0 Å². The number of aromatic carboxylic acids is 2. The van der Waals surface area contributed by atoms with Crippen LogP contribution in [-0.2, 0) is 0 Å². The lowest BCUT2D eigenvalue weighted by molar-refractivity contribution is 0.0653. The summed E-state index contributed by atoms with van der Waals surface area (Å²) in [6.45, 7) is 3.33. The fourth-order valence-electron chi connectivity index (χ4n) is 4.15. The van der Waals surface area contributed by atoms with E-state index in [1.54, 1.807) is 0 Å². The molecule has 45 heavy (non-hydrogen) atoms. The maximum absolute atomic E-state index is 12.5. The number of hydrogen-bond acceptors (Lipinski definition) is 12. The Morgan fingerprint density at radius 3 is 1.36 bits per heavy atom. The van der Waals surface area contributed by atoms with Crippen LogP contribution in [-0.4, -0.2) is 71.0 Å². The van der Waals surface area contributed by atoms with E-state index < -0.39 is 46.5 Å². The van der Waals surface area contributed by atoms with E-state index in [9.17, 15) is 39.6 Å². The van der Waals surface area contributed by atoms with Gasteiger partial charge in [-0.1, -0.05) is 0 Å². The van der Waals surface area contributed by atoms with Crippen molar-refractivity contribution in [3.05, 3.63) is 68.4 Å². The van der Waals surface area contributed by atoms with Crippen LogP contribution in [0.25, 0.3) is 21.9 Å². The van der Waals surface area contributed by atoms with E-state index >= 15 is 0 Å². The average Bonchev–Trinajstić information content (AvgIpc) is 2.98. The molecule has 4 aromatic rings. The normalized spacial score (nSPS) is 12.5. The highest BCUT2D eigenvalue weighted by Gasteiger charge is 2.18. The number of carbonyl (C=O) groups is 2. The molecule has 2 heterocycles. The Morgan fingerprint density at radius 2 is 1.00 bits per heavy atom. The molecule has 0 amide bonds. The van der Waals surface area contributed by atoms with Crippen molar-refractivity contribution < 1.29 is 57.8 Å². The molecule has 0 saturated heterocycles. The number of carboxylic acid groups (broad SMARTS) is 2. The van der Waals surface area contributed by atoms with Gasteiger partial charge in [0.25, 0.3) is 0 Å². The Labute approximate surface area is 254 Å². The molecule has 0 fully saturated rings. The van der Waals surface area contributed by atoms with Crippen molar-refractivity contribution in [2.45, 2.75) is 45.3 Å². The van der Waals surface area contributed by atoms with Crippen molar-refractivity contribution in [3.63, 3.8) is 0 Å². The number of aliphatic hydroxyl groups excluding tert-OH is 2. The zero-order valence-electron chi connectivity index (χ0n) is 24.4. The summed E-state index contributed by atoms with van der Waals surface area (Å²) in [5, 5.41) is 37.9. The number of rotatable bonds is 16. The van der Waals surface area contributed by atoms with Gasteiger partial charge in [-0.15, -0.1) is 0 Å². The number of carboxylic acids is 2. The molecule has 2 atom stereocenters. The van der Waals surface area contributed by atoms with E-state index in [1.807, 2.05) is 0 Å².